The van der Waals surface area contributed by atoms with Crippen LogP contribution >= 0.6 is 22.6 Å². The number of alkyl halides is 3. The quantitative estimate of drug-likeness (QED) is 0.525. The molecule has 0 saturated carbocycles. The molecule has 0 aliphatic carbocycles. The molecule has 0 amide bonds. The first-order valence-electron chi connectivity index (χ1n) is 5.17. The minimum absolute atomic E-state index is 0.329. The molecule has 0 aromatic heterocycles. The number of hydrogen-bond acceptors (Lipinski definition) is 1. The van der Waals surface area contributed by atoms with Crippen LogP contribution in [0.5, 0.6) is 5.75 Å². The first-order valence-corrected chi connectivity index (χ1v) is 6.25. The van der Waals surface area contributed by atoms with Gasteiger partial charge < -0.3 is 4.74 Å². The van der Waals surface area contributed by atoms with Crippen LogP contribution in [0.4, 0.5) is 17.6 Å². The van der Waals surface area contributed by atoms with E-state index in [1.807, 2.05) is 22.6 Å². The maximum absolute atomic E-state index is 13.4. The molecule has 0 aliphatic rings. The van der Waals surface area contributed by atoms with E-state index in [0.717, 1.165) is 0 Å². The summed E-state index contributed by atoms with van der Waals surface area (Å²) in [5.41, 5.74) is 0.985. The van der Waals surface area contributed by atoms with Crippen LogP contribution in [0, 0.1) is 9.39 Å². The highest BCUT2D eigenvalue weighted by molar-refractivity contribution is 14.1. The zero-order valence-corrected chi connectivity index (χ0v) is 11.5. The highest BCUT2D eigenvalue weighted by Gasteiger charge is 2.31. The molecule has 0 fully saturated rings. The van der Waals surface area contributed by atoms with Crippen molar-refractivity contribution in [3.8, 4) is 16.9 Å². The lowest BCUT2D eigenvalue weighted by atomic mass is 10.1. The van der Waals surface area contributed by atoms with Gasteiger partial charge in [0.05, 0.1) is 3.57 Å². The molecule has 0 bridgehead atoms. The molecule has 0 aliphatic heterocycles. The lowest BCUT2D eigenvalue weighted by molar-refractivity contribution is -0.274. The zero-order valence-electron chi connectivity index (χ0n) is 9.34. The fraction of sp³-hybridized carbons (Fsp3) is 0.0769. The fourth-order valence-electron chi connectivity index (χ4n) is 1.59. The van der Waals surface area contributed by atoms with Gasteiger partial charge in [-0.05, 0) is 51.9 Å². The first-order chi connectivity index (χ1) is 8.87. The Morgan fingerprint density at radius 2 is 1.68 bits per heavy atom. The number of ether oxygens (including phenoxy) is 1. The van der Waals surface area contributed by atoms with Crippen molar-refractivity contribution in [3.63, 3.8) is 0 Å². The highest BCUT2D eigenvalue weighted by atomic mass is 127. The Hall–Kier alpha value is -1.31. The van der Waals surface area contributed by atoms with Crippen molar-refractivity contribution in [1.29, 1.82) is 0 Å². The average Bonchev–Trinajstić information content (AvgIpc) is 2.31. The van der Waals surface area contributed by atoms with Crippen molar-refractivity contribution in [3.05, 3.63) is 51.9 Å². The van der Waals surface area contributed by atoms with Gasteiger partial charge in [0, 0.05) is 0 Å². The van der Waals surface area contributed by atoms with Crippen molar-refractivity contribution in [2.24, 2.45) is 0 Å². The third-order valence-electron chi connectivity index (χ3n) is 2.33. The Kier molecular flexibility index (Phi) is 3.98. The molecule has 0 unspecified atom stereocenters. The molecule has 2 aromatic rings. The SMILES string of the molecule is Fc1cccc(-c2cccc(OC(F)(F)F)c2)c1I. The number of rotatable bonds is 2. The van der Waals surface area contributed by atoms with Crippen LogP contribution in [0.25, 0.3) is 11.1 Å². The molecule has 19 heavy (non-hydrogen) atoms. The minimum atomic E-state index is -4.74. The lowest BCUT2D eigenvalue weighted by Gasteiger charge is -2.11. The standard InChI is InChI=1S/C13H7F4IO/c14-11-6-2-5-10(12(11)18)8-3-1-4-9(7-8)19-13(15,16)17/h1-7H. The topological polar surface area (TPSA) is 9.23 Å². The Morgan fingerprint density at radius 3 is 2.37 bits per heavy atom. The van der Waals surface area contributed by atoms with Gasteiger partial charge in [-0.2, -0.15) is 0 Å². The summed E-state index contributed by atoms with van der Waals surface area (Å²) in [5.74, 6) is -0.745. The van der Waals surface area contributed by atoms with Crippen LogP contribution in [0.15, 0.2) is 42.5 Å². The van der Waals surface area contributed by atoms with Crippen LogP contribution < -0.4 is 4.74 Å². The Bertz CT molecular complexity index is 595. The van der Waals surface area contributed by atoms with Gasteiger partial charge in [0.1, 0.15) is 11.6 Å². The smallest absolute Gasteiger partial charge is 0.406 e. The summed E-state index contributed by atoms with van der Waals surface area (Å²) in [6, 6.07) is 9.88. The van der Waals surface area contributed by atoms with E-state index in [1.165, 1.54) is 30.3 Å². The maximum atomic E-state index is 13.4. The molecule has 2 rings (SSSR count). The highest BCUT2D eigenvalue weighted by Crippen LogP contribution is 2.31. The van der Waals surface area contributed by atoms with E-state index in [1.54, 1.807) is 12.1 Å². The van der Waals surface area contributed by atoms with Crippen molar-refractivity contribution in [2.45, 2.75) is 6.36 Å². The Labute approximate surface area is 120 Å². The van der Waals surface area contributed by atoms with E-state index in [0.29, 0.717) is 14.7 Å². The molecular weight excluding hydrogens is 375 g/mol. The van der Waals surface area contributed by atoms with Crippen LogP contribution in [0.2, 0.25) is 0 Å². The minimum Gasteiger partial charge on any atom is -0.406 e. The van der Waals surface area contributed by atoms with Crippen molar-refractivity contribution < 1.29 is 22.3 Å². The fourth-order valence-corrected chi connectivity index (χ4v) is 2.26. The number of benzene rings is 2. The lowest BCUT2D eigenvalue weighted by Crippen LogP contribution is -2.17. The molecule has 2 aromatic carbocycles. The second-order valence-electron chi connectivity index (χ2n) is 3.68. The third kappa shape index (κ3) is 3.59. The molecule has 0 N–H and O–H groups in total. The predicted molar refractivity (Wildman–Crippen MR) is 71.2 cm³/mol. The molecule has 100 valence electrons. The molecule has 0 spiro atoms. The summed E-state index contributed by atoms with van der Waals surface area (Å²) in [6.07, 6.45) is -4.74. The van der Waals surface area contributed by atoms with Gasteiger partial charge in [0.15, 0.2) is 0 Å². The summed E-state index contributed by atoms with van der Waals surface area (Å²) in [5, 5.41) is 0. The Morgan fingerprint density at radius 1 is 1.00 bits per heavy atom. The van der Waals surface area contributed by atoms with E-state index in [-0.39, 0.29) is 5.75 Å². The number of hydrogen-bond donors (Lipinski definition) is 0. The van der Waals surface area contributed by atoms with Crippen LogP contribution in [0.3, 0.4) is 0 Å². The average molecular weight is 382 g/mol. The van der Waals surface area contributed by atoms with E-state index in [2.05, 4.69) is 4.74 Å². The number of halogens is 5. The van der Waals surface area contributed by atoms with E-state index < -0.39 is 12.2 Å². The second kappa shape index (κ2) is 5.36. The predicted octanol–water partition coefficient (Wildman–Crippen LogP) is 5.00. The van der Waals surface area contributed by atoms with E-state index >= 15 is 0 Å². The summed E-state index contributed by atoms with van der Waals surface area (Å²) in [6.45, 7) is 0. The van der Waals surface area contributed by atoms with Crippen molar-refractivity contribution in [1.82, 2.24) is 0 Å². The Balaban J connectivity index is 2.41. The van der Waals surface area contributed by atoms with E-state index in [4.69, 9.17) is 0 Å². The molecule has 0 atom stereocenters. The monoisotopic (exact) mass is 382 g/mol. The largest absolute Gasteiger partial charge is 0.573 e. The van der Waals surface area contributed by atoms with Gasteiger partial charge in [-0.1, -0.05) is 24.3 Å². The van der Waals surface area contributed by atoms with Gasteiger partial charge in [-0.25, -0.2) is 4.39 Å². The zero-order chi connectivity index (χ0) is 14.0. The van der Waals surface area contributed by atoms with Crippen LogP contribution in [-0.2, 0) is 0 Å². The van der Waals surface area contributed by atoms with Crippen molar-refractivity contribution >= 4 is 22.6 Å². The third-order valence-corrected chi connectivity index (χ3v) is 3.43. The first kappa shape index (κ1) is 14.1. The molecule has 0 radical (unpaired) electrons. The molecule has 0 saturated heterocycles. The summed E-state index contributed by atoms with van der Waals surface area (Å²) in [7, 11) is 0. The summed E-state index contributed by atoms with van der Waals surface area (Å²) < 4.78 is 54.0. The van der Waals surface area contributed by atoms with E-state index in [9.17, 15) is 17.6 Å². The molecular formula is C13H7F4IO. The van der Waals surface area contributed by atoms with Gasteiger partial charge in [-0.15, -0.1) is 13.2 Å². The van der Waals surface area contributed by atoms with Crippen molar-refractivity contribution in [2.75, 3.05) is 0 Å². The molecule has 6 heteroatoms. The van der Waals surface area contributed by atoms with Gasteiger partial charge in [0.25, 0.3) is 0 Å². The van der Waals surface area contributed by atoms with Crippen LogP contribution in [0.1, 0.15) is 0 Å². The maximum Gasteiger partial charge on any atom is 0.573 e. The normalized spacial score (nSPS) is 11.4. The van der Waals surface area contributed by atoms with Gasteiger partial charge in [0.2, 0.25) is 0 Å². The second-order valence-corrected chi connectivity index (χ2v) is 4.76. The van der Waals surface area contributed by atoms with Gasteiger partial charge in [-0.3, -0.25) is 0 Å². The molecule has 0 heterocycles. The summed E-state index contributed by atoms with van der Waals surface area (Å²) >= 11 is 1.81. The van der Waals surface area contributed by atoms with Gasteiger partial charge >= 0.3 is 6.36 Å². The summed E-state index contributed by atoms with van der Waals surface area (Å²) in [4.78, 5) is 0. The molecule has 1 nitrogen and oxygen atoms in total. The van der Waals surface area contributed by atoms with Crippen LogP contribution in [-0.4, -0.2) is 6.36 Å².